The topological polar surface area (TPSA) is 94.8 Å². The van der Waals surface area contributed by atoms with E-state index in [2.05, 4.69) is 19.2 Å². The second-order valence-electron chi connectivity index (χ2n) is 9.46. The number of halogens is 1. The van der Waals surface area contributed by atoms with Crippen molar-refractivity contribution in [1.82, 2.24) is 10.2 Å². The minimum atomic E-state index is -0.809. The molecule has 0 radical (unpaired) electrons. The SMILES string of the molecule is CCCN(CCC)C(=O)c1ccc(OC[C@H](O)CNC(C)(C)Cc2ccc(OC)cc2)c(C#N)c1Cl. The largest absolute Gasteiger partial charge is 0.497 e. The van der Waals surface area contributed by atoms with E-state index >= 15 is 0 Å². The number of nitrogens with zero attached hydrogens (tertiary/aromatic N) is 2. The highest BCUT2D eigenvalue weighted by molar-refractivity contribution is 6.35. The van der Waals surface area contributed by atoms with Gasteiger partial charge < -0.3 is 24.8 Å². The van der Waals surface area contributed by atoms with Crippen molar-refractivity contribution in [3.8, 4) is 17.6 Å². The molecule has 2 aromatic carbocycles. The van der Waals surface area contributed by atoms with Crippen molar-refractivity contribution >= 4 is 17.5 Å². The van der Waals surface area contributed by atoms with E-state index in [0.29, 0.717) is 19.6 Å². The molecule has 1 atom stereocenters. The van der Waals surface area contributed by atoms with Crippen LogP contribution in [-0.2, 0) is 6.42 Å². The Morgan fingerprint density at radius 2 is 1.81 bits per heavy atom. The smallest absolute Gasteiger partial charge is 0.255 e. The quantitative estimate of drug-likeness (QED) is 0.374. The first-order valence-corrected chi connectivity index (χ1v) is 12.7. The van der Waals surface area contributed by atoms with Crippen molar-refractivity contribution in [2.45, 2.75) is 58.6 Å². The third kappa shape index (κ3) is 8.41. The summed E-state index contributed by atoms with van der Waals surface area (Å²) in [4.78, 5) is 14.7. The van der Waals surface area contributed by atoms with Crippen LogP contribution in [0.25, 0.3) is 0 Å². The predicted octanol–water partition coefficient (Wildman–Crippen LogP) is 4.83. The first kappa shape index (κ1) is 29.4. The summed E-state index contributed by atoms with van der Waals surface area (Å²) in [6, 6.07) is 13.1. The fourth-order valence-corrected chi connectivity index (χ4v) is 4.21. The summed E-state index contributed by atoms with van der Waals surface area (Å²) in [5, 5.41) is 23.6. The number of hydrogen-bond acceptors (Lipinski definition) is 6. The summed E-state index contributed by atoms with van der Waals surface area (Å²) in [5.74, 6) is 0.855. The number of nitrogens with one attached hydrogen (secondary N) is 1. The maximum atomic E-state index is 13.0. The molecule has 8 heteroatoms. The Morgan fingerprint density at radius 1 is 1.17 bits per heavy atom. The van der Waals surface area contributed by atoms with Crippen LogP contribution in [0, 0.1) is 11.3 Å². The van der Waals surface area contributed by atoms with Gasteiger partial charge in [-0.2, -0.15) is 5.26 Å². The minimum Gasteiger partial charge on any atom is -0.497 e. The van der Waals surface area contributed by atoms with Gasteiger partial charge in [-0.1, -0.05) is 37.6 Å². The van der Waals surface area contributed by atoms with Crippen LogP contribution in [0.3, 0.4) is 0 Å². The molecule has 2 N–H and O–H groups in total. The van der Waals surface area contributed by atoms with E-state index in [0.717, 1.165) is 30.6 Å². The highest BCUT2D eigenvalue weighted by Gasteiger charge is 2.23. The zero-order chi connectivity index (χ0) is 26.7. The van der Waals surface area contributed by atoms with Crippen LogP contribution in [0.5, 0.6) is 11.5 Å². The molecule has 0 heterocycles. The van der Waals surface area contributed by atoms with E-state index in [4.69, 9.17) is 21.1 Å². The highest BCUT2D eigenvalue weighted by Crippen LogP contribution is 2.30. The van der Waals surface area contributed by atoms with Crippen molar-refractivity contribution in [3.63, 3.8) is 0 Å². The van der Waals surface area contributed by atoms with Gasteiger partial charge in [-0.25, -0.2) is 0 Å². The summed E-state index contributed by atoms with van der Waals surface area (Å²) in [6.45, 7) is 9.67. The second kappa shape index (κ2) is 14.1. The average molecular weight is 516 g/mol. The van der Waals surface area contributed by atoms with Crippen LogP contribution in [0.1, 0.15) is 62.0 Å². The summed E-state index contributed by atoms with van der Waals surface area (Å²) in [7, 11) is 1.64. The first-order chi connectivity index (χ1) is 17.1. The van der Waals surface area contributed by atoms with Crippen molar-refractivity contribution < 1.29 is 19.4 Å². The molecule has 7 nitrogen and oxygen atoms in total. The van der Waals surface area contributed by atoms with Gasteiger partial charge in [0.05, 0.1) is 17.7 Å². The summed E-state index contributed by atoms with van der Waals surface area (Å²) in [6.07, 6.45) is 1.62. The van der Waals surface area contributed by atoms with E-state index < -0.39 is 6.10 Å². The lowest BCUT2D eigenvalue weighted by Crippen LogP contribution is -2.46. The van der Waals surface area contributed by atoms with Crippen LogP contribution in [0.4, 0.5) is 0 Å². The fraction of sp³-hybridized carbons (Fsp3) is 0.500. The molecular weight excluding hydrogens is 478 g/mol. The molecule has 0 fully saturated rings. The lowest BCUT2D eigenvalue weighted by Gasteiger charge is -2.28. The number of amides is 1. The molecule has 0 aromatic heterocycles. The van der Waals surface area contributed by atoms with Gasteiger partial charge in [-0.05, 0) is 62.9 Å². The van der Waals surface area contributed by atoms with Crippen molar-refractivity contribution in [3.05, 3.63) is 58.1 Å². The maximum absolute atomic E-state index is 13.0. The Kier molecular flexibility index (Phi) is 11.5. The molecule has 0 saturated carbocycles. The highest BCUT2D eigenvalue weighted by atomic mass is 35.5. The van der Waals surface area contributed by atoms with Gasteiger partial charge in [0.25, 0.3) is 5.91 Å². The number of rotatable bonds is 14. The van der Waals surface area contributed by atoms with Gasteiger partial charge in [0.1, 0.15) is 35.8 Å². The van der Waals surface area contributed by atoms with Crippen molar-refractivity contribution in [2.75, 3.05) is 33.4 Å². The van der Waals surface area contributed by atoms with Crippen LogP contribution < -0.4 is 14.8 Å². The van der Waals surface area contributed by atoms with Crippen LogP contribution in [-0.4, -0.2) is 60.9 Å². The number of carbonyl (C=O) groups excluding carboxylic acids is 1. The van der Waals surface area contributed by atoms with Gasteiger partial charge in [-0.15, -0.1) is 0 Å². The van der Waals surface area contributed by atoms with E-state index in [9.17, 15) is 15.2 Å². The number of nitriles is 1. The number of ether oxygens (including phenoxy) is 2. The number of benzene rings is 2. The molecule has 0 aliphatic heterocycles. The molecule has 2 rings (SSSR count). The number of aliphatic hydroxyl groups is 1. The normalized spacial score (nSPS) is 12.1. The van der Waals surface area contributed by atoms with E-state index in [1.165, 1.54) is 0 Å². The molecule has 0 saturated heterocycles. The van der Waals surface area contributed by atoms with E-state index in [1.807, 2.05) is 44.2 Å². The molecule has 0 bridgehead atoms. The Bertz CT molecular complexity index is 1030. The Labute approximate surface area is 220 Å². The summed E-state index contributed by atoms with van der Waals surface area (Å²) >= 11 is 6.45. The molecule has 1 amide bonds. The van der Waals surface area contributed by atoms with Gasteiger partial charge in [0, 0.05) is 25.2 Å². The number of aliphatic hydroxyl groups excluding tert-OH is 1. The maximum Gasteiger partial charge on any atom is 0.255 e. The Hall–Kier alpha value is -2.79. The monoisotopic (exact) mass is 515 g/mol. The van der Waals surface area contributed by atoms with Gasteiger partial charge >= 0.3 is 0 Å². The summed E-state index contributed by atoms with van der Waals surface area (Å²) < 4.78 is 10.9. The average Bonchev–Trinajstić information content (AvgIpc) is 2.86. The van der Waals surface area contributed by atoms with Gasteiger partial charge in [-0.3, -0.25) is 4.79 Å². The molecule has 196 valence electrons. The minimum absolute atomic E-state index is 0.0261. The van der Waals surface area contributed by atoms with Crippen LogP contribution in [0.2, 0.25) is 5.02 Å². The van der Waals surface area contributed by atoms with Gasteiger partial charge in [0.2, 0.25) is 0 Å². The molecule has 0 spiro atoms. The fourth-order valence-electron chi connectivity index (χ4n) is 3.93. The molecule has 0 aliphatic carbocycles. The standard InChI is InChI=1S/C28H38ClN3O4/c1-6-14-32(15-7-2)27(34)23-12-13-25(24(17-30)26(23)29)36-19-21(33)18-31-28(3,4)16-20-8-10-22(35-5)11-9-20/h8-13,21,31,33H,6-7,14-16,18-19H2,1-5H3/t21-/m1/s1. The van der Waals surface area contributed by atoms with E-state index in [-0.39, 0.29) is 40.0 Å². The molecule has 2 aromatic rings. The second-order valence-corrected chi connectivity index (χ2v) is 9.84. The predicted molar refractivity (Wildman–Crippen MR) is 143 cm³/mol. The lowest BCUT2D eigenvalue weighted by atomic mass is 9.94. The van der Waals surface area contributed by atoms with Crippen LogP contribution >= 0.6 is 11.6 Å². The Balaban J connectivity index is 1.99. The van der Waals surface area contributed by atoms with E-state index in [1.54, 1.807) is 24.1 Å². The van der Waals surface area contributed by atoms with Gasteiger partial charge in [0.15, 0.2) is 0 Å². The summed E-state index contributed by atoms with van der Waals surface area (Å²) in [5.41, 5.74) is 1.26. The van der Waals surface area contributed by atoms with Crippen LogP contribution in [0.15, 0.2) is 36.4 Å². The molecule has 0 aliphatic rings. The molecular formula is C28H38ClN3O4. The van der Waals surface area contributed by atoms with Crippen molar-refractivity contribution in [1.29, 1.82) is 5.26 Å². The van der Waals surface area contributed by atoms with Crippen molar-refractivity contribution in [2.24, 2.45) is 0 Å². The number of hydrogen-bond donors (Lipinski definition) is 2. The molecule has 0 unspecified atom stereocenters. The number of β-amino-alcohol motifs (C(OH)–C–C–N with tert-alkyl or cyclic N) is 1. The Morgan fingerprint density at radius 3 is 2.36 bits per heavy atom. The third-order valence-corrected chi connectivity index (χ3v) is 6.17. The zero-order valence-corrected chi connectivity index (χ0v) is 22.7. The molecule has 36 heavy (non-hydrogen) atoms. The third-order valence-electron chi connectivity index (χ3n) is 5.77. The first-order valence-electron chi connectivity index (χ1n) is 12.4. The lowest BCUT2D eigenvalue weighted by molar-refractivity contribution is 0.0755. The zero-order valence-electron chi connectivity index (χ0n) is 21.9. The number of carbonyl (C=O) groups is 1. The number of methoxy groups -OCH3 is 1.